The van der Waals surface area contributed by atoms with Gasteiger partial charge in [-0.1, -0.05) is 13.8 Å². The molecule has 0 spiro atoms. The van der Waals surface area contributed by atoms with Crippen molar-refractivity contribution in [3.05, 3.63) is 30.6 Å². The van der Waals surface area contributed by atoms with Crippen LogP contribution in [0.4, 0.5) is 11.4 Å². The van der Waals surface area contributed by atoms with Gasteiger partial charge in [0.05, 0.1) is 12.6 Å². The van der Waals surface area contributed by atoms with Crippen molar-refractivity contribution < 1.29 is 5.11 Å². The van der Waals surface area contributed by atoms with Crippen LogP contribution in [0.5, 0.6) is 0 Å². The number of fused-ring (bicyclic) bond motifs is 1. The predicted molar refractivity (Wildman–Crippen MR) is 75.5 cm³/mol. The minimum Gasteiger partial charge on any atom is -0.398 e. The highest BCUT2D eigenvalue weighted by Crippen LogP contribution is 2.28. The summed E-state index contributed by atoms with van der Waals surface area (Å²) < 4.78 is 0. The van der Waals surface area contributed by atoms with E-state index in [1.165, 1.54) is 0 Å². The minimum atomic E-state index is 0.0324. The Morgan fingerprint density at radius 2 is 2.06 bits per heavy atom. The van der Waals surface area contributed by atoms with E-state index in [0.29, 0.717) is 11.6 Å². The molecule has 1 unspecified atom stereocenters. The summed E-state index contributed by atoms with van der Waals surface area (Å²) in [5.41, 5.74) is 7.63. The molecule has 96 valence electrons. The highest BCUT2D eigenvalue weighted by molar-refractivity contribution is 6.00. The van der Waals surface area contributed by atoms with Gasteiger partial charge in [-0.05, 0) is 24.1 Å². The molecular formula is C14H19N3O. The highest BCUT2D eigenvalue weighted by atomic mass is 16.3. The van der Waals surface area contributed by atoms with Gasteiger partial charge >= 0.3 is 0 Å². The molecule has 0 amide bonds. The first-order valence-electron chi connectivity index (χ1n) is 6.13. The van der Waals surface area contributed by atoms with Crippen LogP contribution >= 0.6 is 0 Å². The standard InChI is InChI=1S/C14H19N3O/c1-9(2)14(8-18)17-13-4-3-12(15)11-7-16-6-5-10(11)13/h3-7,9,14,17-18H,8,15H2,1-2H3. The number of nitrogens with zero attached hydrogens (tertiary/aromatic N) is 1. The Bertz CT molecular complexity index is 540. The van der Waals surface area contributed by atoms with E-state index in [1.807, 2.05) is 18.2 Å². The highest BCUT2D eigenvalue weighted by Gasteiger charge is 2.13. The van der Waals surface area contributed by atoms with Crippen LogP contribution in [-0.4, -0.2) is 22.7 Å². The minimum absolute atomic E-state index is 0.0324. The number of pyridine rings is 1. The van der Waals surface area contributed by atoms with Crippen LogP contribution in [-0.2, 0) is 0 Å². The maximum atomic E-state index is 9.38. The van der Waals surface area contributed by atoms with Crippen molar-refractivity contribution in [1.82, 2.24) is 4.98 Å². The molecule has 0 bridgehead atoms. The van der Waals surface area contributed by atoms with Gasteiger partial charge in [-0.25, -0.2) is 0 Å². The topological polar surface area (TPSA) is 71.2 Å². The van der Waals surface area contributed by atoms with Gasteiger partial charge in [-0.15, -0.1) is 0 Å². The zero-order valence-electron chi connectivity index (χ0n) is 10.7. The molecule has 0 saturated carbocycles. The van der Waals surface area contributed by atoms with Crippen molar-refractivity contribution in [3.63, 3.8) is 0 Å². The summed E-state index contributed by atoms with van der Waals surface area (Å²) >= 11 is 0. The summed E-state index contributed by atoms with van der Waals surface area (Å²) in [5.74, 6) is 0.351. The normalized spacial score (nSPS) is 12.9. The fourth-order valence-corrected chi connectivity index (χ4v) is 1.96. The van der Waals surface area contributed by atoms with Crippen LogP contribution in [0.3, 0.4) is 0 Å². The summed E-state index contributed by atoms with van der Waals surface area (Å²) in [7, 11) is 0. The van der Waals surface area contributed by atoms with Gasteiger partial charge in [0.2, 0.25) is 0 Å². The van der Waals surface area contributed by atoms with Gasteiger partial charge in [-0.2, -0.15) is 0 Å². The van der Waals surface area contributed by atoms with Crippen molar-refractivity contribution in [2.75, 3.05) is 17.7 Å². The van der Waals surface area contributed by atoms with E-state index in [0.717, 1.165) is 16.5 Å². The number of hydrogen-bond acceptors (Lipinski definition) is 4. The number of anilines is 2. The Labute approximate surface area is 107 Å². The summed E-state index contributed by atoms with van der Waals surface area (Å²) in [6, 6.07) is 5.78. The Hall–Kier alpha value is -1.81. The van der Waals surface area contributed by atoms with Crippen LogP contribution in [0.2, 0.25) is 0 Å². The number of nitrogen functional groups attached to an aromatic ring is 1. The fourth-order valence-electron chi connectivity index (χ4n) is 1.96. The number of aromatic nitrogens is 1. The molecule has 4 nitrogen and oxygen atoms in total. The lowest BCUT2D eigenvalue weighted by Gasteiger charge is -2.22. The van der Waals surface area contributed by atoms with Gasteiger partial charge < -0.3 is 16.2 Å². The maximum Gasteiger partial charge on any atom is 0.0635 e. The van der Waals surface area contributed by atoms with Crippen molar-refractivity contribution in [3.8, 4) is 0 Å². The molecule has 1 heterocycles. The third kappa shape index (κ3) is 2.38. The third-order valence-electron chi connectivity index (χ3n) is 3.19. The van der Waals surface area contributed by atoms with Crippen molar-refractivity contribution in [1.29, 1.82) is 0 Å². The molecule has 0 fully saturated rings. The Morgan fingerprint density at radius 3 is 2.72 bits per heavy atom. The average Bonchev–Trinajstić information content (AvgIpc) is 2.38. The number of nitrogens with two attached hydrogens (primary N) is 1. The van der Waals surface area contributed by atoms with Crippen LogP contribution in [0.15, 0.2) is 30.6 Å². The maximum absolute atomic E-state index is 9.38. The lowest BCUT2D eigenvalue weighted by Crippen LogP contribution is -2.29. The Morgan fingerprint density at radius 1 is 1.28 bits per heavy atom. The van der Waals surface area contributed by atoms with E-state index in [2.05, 4.69) is 24.1 Å². The second-order valence-electron chi connectivity index (χ2n) is 4.80. The Kier molecular flexibility index (Phi) is 3.67. The van der Waals surface area contributed by atoms with E-state index in [9.17, 15) is 5.11 Å². The number of nitrogens with one attached hydrogen (secondary N) is 1. The van der Waals surface area contributed by atoms with Crippen molar-refractivity contribution >= 4 is 22.1 Å². The lowest BCUT2D eigenvalue weighted by atomic mass is 10.0. The molecule has 18 heavy (non-hydrogen) atoms. The van der Waals surface area contributed by atoms with Gasteiger partial charge in [0, 0.05) is 34.5 Å². The second kappa shape index (κ2) is 5.23. The monoisotopic (exact) mass is 245 g/mol. The molecule has 0 radical (unpaired) electrons. The van der Waals surface area contributed by atoms with E-state index >= 15 is 0 Å². The Balaban J connectivity index is 2.42. The zero-order chi connectivity index (χ0) is 13.1. The van der Waals surface area contributed by atoms with E-state index < -0.39 is 0 Å². The fraction of sp³-hybridized carbons (Fsp3) is 0.357. The molecule has 4 N–H and O–H groups in total. The first kappa shape index (κ1) is 12.6. The molecule has 2 aromatic rings. The second-order valence-corrected chi connectivity index (χ2v) is 4.80. The average molecular weight is 245 g/mol. The number of aliphatic hydroxyl groups excluding tert-OH is 1. The largest absolute Gasteiger partial charge is 0.398 e. The number of hydrogen-bond donors (Lipinski definition) is 3. The van der Waals surface area contributed by atoms with E-state index in [1.54, 1.807) is 12.4 Å². The van der Waals surface area contributed by atoms with Crippen molar-refractivity contribution in [2.24, 2.45) is 5.92 Å². The van der Waals surface area contributed by atoms with Gasteiger partial charge in [0.1, 0.15) is 0 Å². The number of aliphatic hydroxyl groups is 1. The quantitative estimate of drug-likeness (QED) is 0.722. The molecule has 4 heteroatoms. The molecule has 2 rings (SSSR count). The lowest BCUT2D eigenvalue weighted by molar-refractivity contribution is 0.249. The smallest absolute Gasteiger partial charge is 0.0635 e. The van der Waals surface area contributed by atoms with E-state index in [-0.39, 0.29) is 12.6 Å². The molecule has 1 atom stereocenters. The van der Waals surface area contributed by atoms with Gasteiger partial charge in [0.25, 0.3) is 0 Å². The molecule has 1 aromatic carbocycles. The molecule has 1 aromatic heterocycles. The zero-order valence-corrected chi connectivity index (χ0v) is 10.7. The first-order valence-corrected chi connectivity index (χ1v) is 6.13. The summed E-state index contributed by atoms with van der Waals surface area (Å²) in [6.45, 7) is 4.26. The molecule has 0 saturated heterocycles. The van der Waals surface area contributed by atoms with Crippen LogP contribution in [0.1, 0.15) is 13.8 Å². The van der Waals surface area contributed by atoms with Gasteiger partial charge in [-0.3, -0.25) is 4.98 Å². The third-order valence-corrected chi connectivity index (χ3v) is 3.19. The summed E-state index contributed by atoms with van der Waals surface area (Å²) in [5, 5.41) is 14.7. The van der Waals surface area contributed by atoms with E-state index in [4.69, 9.17) is 5.73 Å². The van der Waals surface area contributed by atoms with Gasteiger partial charge in [0.15, 0.2) is 0 Å². The molecule has 0 aliphatic rings. The van der Waals surface area contributed by atoms with Crippen LogP contribution in [0.25, 0.3) is 10.8 Å². The summed E-state index contributed by atoms with van der Waals surface area (Å²) in [4.78, 5) is 4.09. The molecular weight excluding hydrogens is 226 g/mol. The van der Waals surface area contributed by atoms with Crippen LogP contribution in [0, 0.1) is 5.92 Å². The predicted octanol–water partition coefficient (Wildman–Crippen LogP) is 2.25. The van der Waals surface area contributed by atoms with Crippen molar-refractivity contribution in [2.45, 2.75) is 19.9 Å². The molecule has 0 aliphatic heterocycles. The van der Waals surface area contributed by atoms with Crippen LogP contribution < -0.4 is 11.1 Å². The number of rotatable bonds is 4. The SMILES string of the molecule is CC(C)C(CO)Nc1ccc(N)c2cnccc12. The number of benzene rings is 1. The first-order chi connectivity index (χ1) is 8.63. The summed E-state index contributed by atoms with van der Waals surface area (Å²) in [6.07, 6.45) is 3.51. The molecule has 0 aliphatic carbocycles.